The van der Waals surface area contributed by atoms with Crippen molar-refractivity contribution >= 4 is 0 Å². The van der Waals surface area contributed by atoms with Crippen molar-refractivity contribution in [3.63, 3.8) is 0 Å². The van der Waals surface area contributed by atoms with Gasteiger partial charge in [-0.1, -0.05) is 97.1 Å². The zero-order valence-electron chi connectivity index (χ0n) is 66.5. The molecule has 16 rings (SSSR count). The monoisotopic (exact) mass is 2030 g/mol. The molecule has 0 amide bonds. The number of rotatable bonds is 8. The fourth-order valence-corrected chi connectivity index (χ4v) is 9.80. The summed E-state index contributed by atoms with van der Waals surface area (Å²) in [6.45, 7) is 0. The third-order valence-electron chi connectivity index (χ3n) is 14.7. The zero-order valence-corrected chi connectivity index (χ0v) is 73.7. The van der Waals surface area contributed by atoms with E-state index in [2.05, 4.69) is 127 Å². The van der Waals surface area contributed by atoms with Gasteiger partial charge in [0, 0.05) is 49.6 Å². The van der Waals surface area contributed by atoms with Gasteiger partial charge in [-0.05, 0) is 241 Å². The summed E-state index contributed by atoms with van der Waals surface area (Å²) in [5, 5.41) is 0. The Balaban J connectivity index is 0.000000805. The van der Waals surface area contributed by atoms with E-state index in [4.69, 9.17) is 74.5 Å². The average Bonchev–Trinajstić information content (AvgIpc) is 0.855. The third-order valence-corrected chi connectivity index (χ3v) is 14.7. The van der Waals surface area contributed by atoms with Crippen LogP contribution in [0.1, 0.15) is 45.6 Å². The Bertz CT molecular complexity index is 5200. The van der Waals surface area contributed by atoms with Gasteiger partial charge in [-0.15, -0.1) is 41.0 Å². The van der Waals surface area contributed by atoms with Gasteiger partial charge in [0.2, 0.25) is 0 Å². The van der Waals surface area contributed by atoms with Crippen molar-refractivity contribution in [3.8, 4) is 138 Å². The second-order valence-corrected chi connectivity index (χ2v) is 26.5. The Kier molecular flexibility index (Phi) is 53.9. The number of aromatic nitrogens is 16. The largest absolute Gasteiger partial charge is 3.00 e. The van der Waals surface area contributed by atoms with Gasteiger partial charge in [0.05, 0.1) is 91.1 Å². The maximum atomic E-state index is 8.49. The molecule has 0 atom stereocenters. The van der Waals surface area contributed by atoms with Crippen LogP contribution in [0.2, 0.25) is 0 Å². The minimum absolute atomic E-state index is 0. The van der Waals surface area contributed by atoms with Crippen LogP contribution in [0.4, 0.5) is 0 Å². The van der Waals surface area contributed by atoms with Crippen LogP contribution in [0.5, 0.6) is 0 Å². The molecule has 16 aromatic heterocycles. The van der Waals surface area contributed by atoms with Gasteiger partial charge < -0.3 is 21.9 Å². The number of nitrogens with zero attached hydrogens (tertiary/aromatic N) is 16. The van der Waals surface area contributed by atoms with Crippen molar-refractivity contribution in [2.45, 2.75) is 0 Å². The molecule has 0 saturated carbocycles. The summed E-state index contributed by atoms with van der Waals surface area (Å²) in [7, 11) is -19.8. The molecule has 0 spiro atoms. The van der Waals surface area contributed by atoms with Crippen molar-refractivity contribution in [2.75, 3.05) is 0 Å². The quantitative estimate of drug-likeness (QED) is 0.133. The molecule has 0 bridgehead atoms. The molecule has 0 unspecified atom stereocenters. The van der Waals surface area contributed by atoms with E-state index in [0.717, 1.165) is 91.1 Å². The molecule has 0 aliphatic heterocycles. The van der Waals surface area contributed by atoms with Crippen LogP contribution >= 0.6 is 0 Å². The van der Waals surface area contributed by atoms with Crippen LogP contribution in [-0.4, -0.2) is 79.7 Å². The molecule has 44 heteroatoms. The summed E-state index contributed by atoms with van der Waals surface area (Å²) in [5.74, 6) is 24.6. The molecular weight excluding hydrogens is 1980 g/mol. The van der Waals surface area contributed by atoms with E-state index in [9.17, 15) is 0 Å². The fraction of sp³-hybridized carbons (Fsp3) is 0. The van der Waals surface area contributed by atoms with Gasteiger partial charge in [0.1, 0.15) is 45.6 Å². The van der Waals surface area contributed by atoms with E-state index in [-0.39, 0.29) is 89.0 Å². The summed E-state index contributed by atoms with van der Waals surface area (Å²) in [6.07, 6.45) is 14.0. The Morgan fingerprint density at radius 2 is 0.227 bits per heavy atom. The van der Waals surface area contributed by atoms with Crippen LogP contribution in [0.3, 0.4) is 0 Å². The molecule has 16 aromatic rings. The molecule has 36 nitrogen and oxygen atoms in total. The summed E-state index contributed by atoms with van der Waals surface area (Å²) in [4.78, 5) is 71.1. The van der Waals surface area contributed by atoms with Crippen molar-refractivity contribution in [2.24, 2.45) is 0 Å². The normalized spacial score (nSPS) is 9.70. The maximum Gasteiger partial charge on any atom is 3.00 e. The van der Waals surface area contributed by atoms with Crippen LogP contribution in [-0.2, 0) is 89.0 Å². The summed E-state index contributed by atoms with van der Waals surface area (Å²) >= 11 is 0. The smallest absolute Gasteiger partial charge is 2.00 e. The van der Waals surface area contributed by atoms with Crippen molar-refractivity contribution in [1.82, 2.24) is 79.7 Å². The Hall–Kier alpha value is -13.0. The molecule has 0 aromatic carbocycles. The average molecular weight is 2040 g/mol. The van der Waals surface area contributed by atoms with E-state index < -0.39 is 41.0 Å². The van der Waals surface area contributed by atoms with E-state index in [0.29, 0.717) is 45.6 Å². The maximum absolute atomic E-state index is 8.49. The molecule has 0 aliphatic rings. The van der Waals surface area contributed by atoms with E-state index in [1.807, 2.05) is 291 Å². The second-order valence-electron chi connectivity index (χ2n) is 23.5. The van der Waals surface area contributed by atoms with E-state index in [1.165, 1.54) is 0 Å². The Morgan fingerprint density at radius 3 is 0.311 bits per heavy atom. The van der Waals surface area contributed by atoms with Gasteiger partial charge in [-0.3, -0.25) is 39.9 Å². The zero-order chi connectivity index (χ0) is 88.4. The van der Waals surface area contributed by atoms with Gasteiger partial charge in [0.25, 0.3) is 0 Å². The molecule has 0 fully saturated rings. The van der Waals surface area contributed by atoms with Crippen molar-refractivity contribution < 1.29 is 205 Å². The molecule has 132 heavy (non-hydrogen) atoms. The van der Waals surface area contributed by atoms with Gasteiger partial charge in [0.15, 0.2) is 0 Å². The predicted octanol–water partition coefficient (Wildman–Crippen LogP) is -3.51. The van der Waals surface area contributed by atoms with E-state index >= 15 is 0 Å². The molecule has 0 N–H and O–H groups in total. The molecule has 0 saturated heterocycles. The number of hydrogen-bond acceptors (Lipinski definition) is 32. The number of pyridine rings is 16. The van der Waals surface area contributed by atoms with Crippen LogP contribution in [0.15, 0.2) is 341 Å². The van der Waals surface area contributed by atoms with Gasteiger partial charge >= 0.3 is 67.1 Å². The first kappa shape index (κ1) is 117. The summed E-state index contributed by atoms with van der Waals surface area (Å²) in [6, 6.07) is 91.8. The summed E-state index contributed by atoms with van der Waals surface area (Å²) in [5.41, 5.74) is 18.4. The van der Waals surface area contributed by atoms with Crippen molar-refractivity contribution in [3.05, 3.63) is 386 Å². The summed E-state index contributed by atoms with van der Waals surface area (Å²) < 4.78 is 136. The number of halogens is 4. The Labute approximate surface area is 803 Å². The first-order chi connectivity index (χ1) is 59.5. The minimum atomic E-state index is -4.94. The van der Waals surface area contributed by atoms with Gasteiger partial charge in [-0.2, -0.15) is 0 Å². The SMILES string of the molecule is C(#Cc1cccc(-c2ccccn2)n1)c1cccc(-c2ccccn2)n1.C(#Cc1cccc(-c2ccccn2)n1)c1cccc(-c2ccccn2)n1.C(#Cc1cccc(-c2ccccn2)n1)c1cccc(-c2ccccn2)n1.C(#Cc1cccc(-c2ccccn2)n1)c1cccc(-c2ccccn2)n1.[Co+3].[Co+3].[Co+3].[Co+3].[O-2].[O-2].[O-2].[O-2].[O-][Cl+3]([O-])([O-])[O-].[O-][Cl+3]([O-])([O-])[O-].[O-][Cl+3]([O-])([O-])[O-].[O-][Cl+3]([O-])([O-])[O-]. The fourth-order valence-electron chi connectivity index (χ4n) is 9.80. The predicted molar refractivity (Wildman–Crippen MR) is 406 cm³/mol. The van der Waals surface area contributed by atoms with Gasteiger partial charge in [-0.25, -0.2) is 114 Å². The standard InChI is InChI=1S/4C22H14N4.4ClHO4.4Co.4O/c4*1-3-15-23-19(9-1)21-11-5-7-17(25-21)13-14-18-8-6-12-22(26-18)20-10-2-4-16-24-20;4*2-1(3,4)5;;;;;;;;/h4*1-12,15-16H;4*(H,2,3,4,5);;;;;;;;/q;;;;;;;;4*+3;4*-2/p-4. The second kappa shape index (κ2) is 60.8. The first-order valence-electron chi connectivity index (χ1n) is 35.2. The molecule has 0 radical (unpaired) electrons. The molecular formula is C88H56Cl4Co4N16O20. The molecule has 16 heterocycles. The molecule has 0 aliphatic carbocycles. The van der Waals surface area contributed by atoms with E-state index in [1.54, 1.807) is 49.6 Å². The minimum Gasteiger partial charge on any atom is -2.00 e. The number of hydrogen-bond donors (Lipinski definition) is 0. The Morgan fingerprint density at radius 1 is 0.136 bits per heavy atom. The first-order valence-corrected chi connectivity index (χ1v) is 40.1. The van der Waals surface area contributed by atoms with Crippen LogP contribution < -0.4 is 74.5 Å². The molecule has 672 valence electrons. The third kappa shape index (κ3) is 47.0. The topological polar surface area (TPSA) is 689 Å². The van der Waals surface area contributed by atoms with Crippen LogP contribution in [0, 0.1) is 88.3 Å². The van der Waals surface area contributed by atoms with Crippen molar-refractivity contribution in [1.29, 1.82) is 0 Å². The van der Waals surface area contributed by atoms with Crippen LogP contribution in [0.25, 0.3) is 91.1 Å².